The number of rotatable bonds is 4. The summed E-state index contributed by atoms with van der Waals surface area (Å²) in [5.41, 5.74) is 0.985. The van der Waals surface area contributed by atoms with Gasteiger partial charge in [0.1, 0.15) is 22.2 Å². The Balaban J connectivity index is 2.30. The van der Waals surface area contributed by atoms with Crippen molar-refractivity contribution in [3.63, 3.8) is 0 Å². The van der Waals surface area contributed by atoms with Gasteiger partial charge in [0.05, 0.1) is 25.3 Å². The number of nitrogens with one attached hydrogen (secondary N) is 2. The zero-order valence-corrected chi connectivity index (χ0v) is 13.6. The van der Waals surface area contributed by atoms with E-state index in [4.69, 9.17) is 14.6 Å². The number of primary sulfonamides is 1. The highest BCUT2D eigenvalue weighted by atomic mass is 32.2. The number of hydrogen-bond donors (Lipinski definition) is 3. The van der Waals surface area contributed by atoms with E-state index in [2.05, 4.69) is 15.0 Å². The van der Waals surface area contributed by atoms with Crippen molar-refractivity contribution >= 4 is 21.2 Å². The average molecular weight is 350 g/mol. The van der Waals surface area contributed by atoms with Crippen LogP contribution in [-0.2, 0) is 10.0 Å². The van der Waals surface area contributed by atoms with Crippen LogP contribution in [0, 0.1) is 0 Å². The third-order valence-electron chi connectivity index (χ3n) is 3.42. The number of H-pyrrole nitrogens is 2. The molecule has 0 aliphatic heterocycles. The maximum Gasteiger partial charge on any atom is 0.249 e. The summed E-state index contributed by atoms with van der Waals surface area (Å²) < 4.78 is 33.9. The standard InChI is InChI=1S/C14H14N4O5S/c1-22-9-6-10(23-2)11(24(15,20)21)5-7(9)13-16-8-3-4-12(19)17-14(8)18-13/h3-6H,1-2H3,(H2,15,20,21)(H2,16,17,18,19). The molecule has 1 aromatic carbocycles. The van der Waals surface area contributed by atoms with Crippen molar-refractivity contribution in [3.8, 4) is 22.9 Å². The fourth-order valence-electron chi connectivity index (χ4n) is 2.32. The molecule has 10 heteroatoms. The third kappa shape index (κ3) is 2.72. The molecule has 0 radical (unpaired) electrons. The van der Waals surface area contributed by atoms with Crippen molar-refractivity contribution in [2.45, 2.75) is 4.90 Å². The molecule has 9 nitrogen and oxygen atoms in total. The van der Waals surface area contributed by atoms with Gasteiger partial charge in [-0.25, -0.2) is 18.5 Å². The lowest BCUT2D eigenvalue weighted by Gasteiger charge is -2.12. The van der Waals surface area contributed by atoms with Crippen LogP contribution in [0.3, 0.4) is 0 Å². The van der Waals surface area contributed by atoms with Gasteiger partial charge in [-0.05, 0) is 12.1 Å². The highest BCUT2D eigenvalue weighted by Gasteiger charge is 2.21. The Bertz CT molecular complexity index is 1080. The molecule has 2 heterocycles. The second-order valence-corrected chi connectivity index (χ2v) is 6.45. The van der Waals surface area contributed by atoms with Gasteiger partial charge in [-0.2, -0.15) is 0 Å². The zero-order chi connectivity index (χ0) is 17.5. The first-order valence-corrected chi connectivity index (χ1v) is 8.26. The Labute approximate surface area is 136 Å². The number of imidazole rings is 1. The number of hydrogen-bond acceptors (Lipinski definition) is 6. The predicted octanol–water partition coefficient (Wildman–Crippen LogP) is 0.583. The molecule has 0 spiro atoms. The van der Waals surface area contributed by atoms with Crippen LogP contribution in [0.25, 0.3) is 22.6 Å². The Morgan fingerprint density at radius 3 is 2.42 bits per heavy atom. The van der Waals surface area contributed by atoms with E-state index < -0.39 is 10.0 Å². The molecule has 0 amide bonds. The number of nitrogens with zero attached hydrogens (tertiary/aromatic N) is 1. The number of pyridine rings is 1. The Hall–Kier alpha value is -2.85. The fraction of sp³-hybridized carbons (Fsp3) is 0.143. The van der Waals surface area contributed by atoms with E-state index in [1.165, 1.54) is 32.4 Å². The number of nitrogens with two attached hydrogens (primary N) is 1. The minimum absolute atomic E-state index is 0.0580. The molecular weight excluding hydrogens is 336 g/mol. The molecule has 0 unspecified atom stereocenters. The number of methoxy groups -OCH3 is 2. The topological polar surface area (TPSA) is 140 Å². The molecular formula is C14H14N4O5S. The molecule has 0 atom stereocenters. The van der Waals surface area contributed by atoms with E-state index in [1.54, 1.807) is 6.07 Å². The monoisotopic (exact) mass is 350 g/mol. The van der Waals surface area contributed by atoms with E-state index in [0.29, 0.717) is 28.3 Å². The summed E-state index contributed by atoms with van der Waals surface area (Å²) in [5, 5.41) is 5.24. The van der Waals surface area contributed by atoms with E-state index >= 15 is 0 Å². The average Bonchev–Trinajstić information content (AvgIpc) is 2.95. The van der Waals surface area contributed by atoms with Crippen LogP contribution in [0.15, 0.2) is 34.0 Å². The van der Waals surface area contributed by atoms with Crippen molar-refractivity contribution < 1.29 is 17.9 Å². The van der Waals surface area contributed by atoms with Gasteiger partial charge < -0.3 is 19.4 Å². The quantitative estimate of drug-likeness (QED) is 0.629. The highest BCUT2D eigenvalue weighted by Crippen LogP contribution is 2.36. The maximum absolute atomic E-state index is 11.8. The van der Waals surface area contributed by atoms with Gasteiger partial charge >= 0.3 is 0 Å². The summed E-state index contributed by atoms with van der Waals surface area (Å²) in [6, 6.07) is 5.64. The maximum atomic E-state index is 11.8. The largest absolute Gasteiger partial charge is 0.496 e. The van der Waals surface area contributed by atoms with Crippen LogP contribution in [0.4, 0.5) is 0 Å². The minimum atomic E-state index is -4.02. The van der Waals surface area contributed by atoms with Crippen LogP contribution < -0.4 is 20.2 Å². The second kappa shape index (κ2) is 5.65. The van der Waals surface area contributed by atoms with Gasteiger partial charge in [0.2, 0.25) is 15.6 Å². The molecule has 3 rings (SSSR count). The number of benzene rings is 1. The molecule has 2 aromatic heterocycles. The van der Waals surface area contributed by atoms with E-state index in [-0.39, 0.29) is 16.2 Å². The number of aromatic nitrogens is 3. The SMILES string of the molecule is COc1cc(OC)c(S(N)(=O)=O)cc1-c1nc2[nH]c(=O)ccc2[nH]1. The summed E-state index contributed by atoms with van der Waals surface area (Å²) in [6.07, 6.45) is 0. The molecule has 0 aliphatic rings. The van der Waals surface area contributed by atoms with Crippen molar-refractivity contribution in [2.75, 3.05) is 14.2 Å². The normalized spacial score (nSPS) is 11.6. The molecule has 126 valence electrons. The molecule has 0 aliphatic carbocycles. The van der Waals surface area contributed by atoms with Crippen LogP contribution in [-0.4, -0.2) is 37.6 Å². The molecule has 24 heavy (non-hydrogen) atoms. The van der Waals surface area contributed by atoms with Gasteiger partial charge in [-0.15, -0.1) is 0 Å². The Morgan fingerprint density at radius 1 is 1.08 bits per heavy atom. The number of aromatic amines is 2. The fourth-order valence-corrected chi connectivity index (χ4v) is 3.03. The van der Waals surface area contributed by atoms with Gasteiger partial charge in [0, 0.05) is 12.1 Å². The lowest BCUT2D eigenvalue weighted by atomic mass is 10.2. The van der Waals surface area contributed by atoms with Gasteiger partial charge in [-0.1, -0.05) is 0 Å². The summed E-state index contributed by atoms with van der Waals surface area (Å²) in [6.45, 7) is 0. The van der Waals surface area contributed by atoms with Crippen molar-refractivity contribution in [1.82, 2.24) is 15.0 Å². The number of fused-ring (bicyclic) bond motifs is 1. The van der Waals surface area contributed by atoms with E-state index in [9.17, 15) is 13.2 Å². The molecule has 0 saturated heterocycles. The smallest absolute Gasteiger partial charge is 0.249 e. The summed E-state index contributed by atoms with van der Waals surface area (Å²) in [7, 11) is -1.26. The summed E-state index contributed by atoms with van der Waals surface area (Å²) in [4.78, 5) is 21.0. The zero-order valence-electron chi connectivity index (χ0n) is 12.8. The molecule has 4 N–H and O–H groups in total. The van der Waals surface area contributed by atoms with Crippen LogP contribution in [0.1, 0.15) is 0 Å². The van der Waals surface area contributed by atoms with Crippen molar-refractivity contribution in [3.05, 3.63) is 34.6 Å². The van der Waals surface area contributed by atoms with Gasteiger partial charge in [0.15, 0.2) is 5.65 Å². The van der Waals surface area contributed by atoms with Crippen LogP contribution in [0.2, 0.25) is 0 Å². The lowest BCUT2D eigenvalue weighted by molar-refractivity contribution is 0.387. The Kier molecular flexibility index (Phi) is 3.78. The number of ether oxygens (including phenoxy) is 2. The molecule has 0 bridgehead atoms. The lowest BCUT2D eigenvalue weighted by Crippen LogP contribution is -2.14. The van der Waals surface area contributed by atoms with Gasteiger partial charge in [0.25, 0.3) is 0 Å². The first-order chi connectivity index (χ1) is 11.3. The van der Waals surface area contributed by atoms with Crippen LogP contribution in [0.5, 0.6) is 11.5 Å². The first-order valence-electron chi connectivity index (χ1n) is 6.71. The molecule has 3 aromatic rings. The minimum Gasteiger partial charge on any atom is -0.496 e. The van der Waals surface area contributed by atoms with Crippen LogP contribution >= 0.6 is 0 Å². The number of sulfonamides is 1. The summed E-state index contributed by atoms with van der Waals surface area (Å²) in [5.74, 6) is 0.708. The van der Waals surface area contributed by atoms with Crippen molar-refractivity contribution in [2.24, 2.45) is 5.14 Å². The highest BCUT2D eigenvalue weighted by molar-refractivity contribution is 7.89. The van der Waals surface area contributed by atoms with E-state index in [0.717, 1.165) is 0 Å². The predicted molar refractivity (Wildman–Crippen MR) is 86.6 cm³/mol. The van der Waals surface area contributed by atoms with E-state index in [1.807, 2.05) is 0 Å². The summed E-state index contributed by atoms with van der Waals surface area (Å²) >= 11 is 0. The second-order valence-electron chi connectivity index (χ2n) is 4.92. The van der Waals surface area contributed by atoms with Crippen molar-refractivity contribution in [1.29, 1.82) is 0 Å². The molecule has 0 saturated carbocycles. The Morgan fingerprint density at radius 2 is 1.79 bits per heavy atom. The van der Waals surface area contributed by atoms with Gasteiger partial charge in [-0.3, -0.25) is 4.79 Å². The molecule has 0 fully saturated rings. The third-order valence-corrected chi connectivity index (χ3v) is 4.35. The first kappa shape index (κ1) is 16.0.